The van der Waals surface area contributed by atoms with E-state index in [0.717, 1.165) is 17.7 Å². The van der Waals surface area contributed by atoms with Crippen molar-refractivity contribution in [2.24, 2.45) is 0 Å². The van der Waals surface area contributed by atoms with Gasteiger partial charge >= 0.3 is 5.97 Å². The number of aryl methyl sites for hydroxylation is 2. The van der Waals surface area contributed by atoms with E-state index in [4.69, 9.17) is 4.84 Å². The molecular weight excluding hydrogens is 650 g/mol. The Morgan fingerprint density at radius 3 is 1.91 bits per heavy atom. The first-order valence-corrected chi connectivity index (χ1v) is 17.6. The molecule has 0 radical (unpaired) electrons. The van der Waals surface area contributed by atoms with E-state index in [-0.39, 0.29) is 36.3 Å². The molecule has 0 atom stereocenters. The Kier molecular flexibility index (Phi) is 9.51. The van der Waals surface area contributed by atoms with Gasteiger partial charge < -0.3 is 15.1 Å². The van der Waals surface area contributed by atoms with Gasteiger partial charge in [0.1, 0.15) is 0 Å². The van der Waals surface area contributed by atoms with Crippen molar-refractivity contribution in [2.75, 3.05) is 12.3 Å². The van der Waals surface area contributed by atoms with Gasteiger partial charge in [0.15, 0.2) is 6.54 Å². The Labute approximate surface area is 270 Å². The first-order valence-electron chi connectivity index (χ1n) is 14.5. The van der Waals surface area contributed by atoms with E-state index in [1.807, 2.05) is 4.57 Å². The van der Waals surface area contributed by atoms with E-state index < -0.39 is 56.1 Å². The molecule has 5 aromatic rings. The summed E-state index contributed by atoms with van der Waals surface area (Å²) in [6.07, 6.45) is -0.446. The number of para-hydroxylation sites is 2. The van der Waals surface area contributed by atoms with E-state index in [0.29, 0.717) is 30.8 Å². The molecule has 0 aliphatic carbocycles. The first kappa shape index (κ1) is 33.4. The lowest BCUT2D eigenvalue weighted by Gasteiger charge is -2.24. The van der Waals surface area contributed by atoms with Crippen LogP contribution in [-0.4, -0.2) is 64.8 Å². The molecule has 3 aromatic carbocycles. The summed E-state index contributed by atoms with van der Waals surface area (Å²) < 4.78 is 63.3. The zero-order valence-corrected chi connectivity index (χ0v) is 26.8. The summed E-state index contributed by atoms with van der Waals surface area (Å²) in [6, 6.07) is 21.9. The van der Waals surface area contributed by atoms with E-state index >= 15 is 0 Å². The summed E-state index contributed by atoms with van der Waals surface area (Å²) in [6.45, 7) is 1.55. The lowest BCUT2D eigenvalue weighted by molar-refractivity contribution is -0.645. The summed E-state index contributed by atoms with van der Waals surface area (Å²) in [5.74, 6) is -3.26. The van der Waals surface area contributed by atoms with E-state index in [1.165, 1.54) is 12.1 Å². The monoisotopic (exact) mass is 682 g/mol. The van der Waals surface area contributed by atoms with Gasteiger partial charge in [-0.25, -0.2) is 17.5 Å². The van der Waals surface area contributed by atoms with Crippen molar-refractivity contribution in [3.05, 3.63) is 96.1 Å². The highest BCUT2D eigenvalue weighted by Crippen LogP contribution is 2.29. The van der Waals surface area contributed by atoms with Crippen LogP contribution < -0.4 is 9.40 Å². The fraction of sp³-hybridized carbons (Fsp3) is 0.219. The lowest BCUT2D eigenvalue weighted by atomic mass is 10.0. The van der Waals surface area contributed by atoms with Crippen molar-refractivity contribution in [3.63, 3.8) is 0 Å². The molecule has 0 aliphatic heterocycles. The number of carbonyl (C=O) groups excluding carboxylic acids is 2. The van der Waals surface area contributed by atoms with Gasteiger partial charge in [-0.05, 0) is 37.6 Å². The number of fused-ring (bicyclic) bond motifs is 2. The Bertz CT molecular complexity index is 2120. The number of pyridine rings is 1. The van der Waals surface area contributed by atoms with Gasteiger partial charge in [0, 0.05) is 43.7 Å². The SMILES string of the molecule is Cc1ccc(S(=O)(=O)N(CCCC(=O)On2c(O)ccc2O)C(=O)c2c3ccccc3[n+](CCCS(=O)(=O)O)c3ccccc23)cc1. The molecule has 13 nitrogen and oxygen atoms in total. The molecule has 1 amide bonds. The minimum atomic E-state index is -4.46. The fourth-order valence-corrected chi connectivity index (χ4v) is 7.20. The third-order valence-corrected chi connectivity index (χ3v) is 10.1. The second-order valence-corrected chi connectivity index (χ2v) is 14.2. The lowest BCUT2D eigenvalue weighted by Crippen LogP contribution is -2.41. The highest BCUT2D eigenvalue weighted by atomic mass is 32.2. The normalized spacial score (nSPS) is 12.0. The number of rotatable bonds is 12. The average molecular weight is 683 g/mol. The van der Waals surface area contributed by atoms with Gasteiger partial charge in [-0.1, -0.05) is 42.0 Å². The Morgan fingerprint density at radius 1 is 0.809 bits per heavy atom. The van der Waals surface area contributed by atoms with Crippen LogP contribution in [0.5, 0.6) is 11.8 Å². The topological polar surface area (TPSA) is 184 Å². The molecule has 2 aromatic heterocycles. The van der Waals surface area contributed by atoms with Crippen LogP contribution in [0.25, 0.3) is 21.8 Å². The van der Waals surface area contributed by atoms with Crippen LogP contribution in [0.15, 0.2) is 89.8 Å². The number of carbonyl (C=O) groups is 2. The summed E-state index contributed by atoms with van der Waals surface area (Å²) >= 11 is 0. The fourth-order valence-electron chi connectivity index (χ4n) is 5.29. The highest BCUT2D eigenvalue weighted by molar-refractivity contribution is 7.89. The maximum atomic E-state index is 14.6. The average Bonchev–Trinajstić information content (AvgIpc) is 3.34. The quantitative estimate of drug-likeness (QED) is 0.100. The van der Waals surface area contributed by atoms with Crippen molar-refractivity contribution in [1.29, 1.82) is 0 Å². The maximum Gasteiger partial charge on any atom is 0.333 e. The van der Waals surface area contributed by atoms with Crippen LogP contribution in [0, 0.1) is 6.92 Å². The second kappa shape index (κ2) is 13.4. The van der Waals surface area contributed by atoms with Crippen LogP contribution in [0.3, 0.4) is 0 Å². The zero-order valence-electron chi connectivity index (χ0n) is 25.2. The summed E-state index contributed by atoms with van der Waals surface area (Å²) in [4.78, 5) is 32.0. The molecule has 0 spiro atoms. The number of hydrogen-bond donors (Lipinski definition) is 3. The number of nitrogens with zero attached hydrogens (tertiary/aromatic N) is 3. The number of aromatic nitrogens is 2. The van der Waals surface area contributed by atoms with Crippen molar-refractivity contribution in [1.82, 2.24) is 9.04 Å². The smallest absolute Gasteiger partial charge is 0.333 e. The second-order valence-electron chi connectivity index (χ2n) is 10.8. The Morgan fingerprint density at radius 2 is 1.36 bits per heavy atom. The van der Waals surface area contributed by atoms with Crippen molar-refractivity contribution in [2.45, 2.75) is 37.6 Å². The molecule has 0 saturated carbocycles. The van der Waals surface area contributed by atoms with Crippen LogP contribution in [0.4, 0.5) is 0 Å². The standard InChI is InChI=1S/C32H31N3O10S2/c1-22-13-15-23(16-14-22)47(43,44)34(20-6-12-30(38)45-35-28(36)17-18-29(35)37)32(39)31-24-8-2-4-10-26(24)33(19-7-21-46(40,41)42)27-11-5-3-9-25(27)31/h2-5,8-11,13-18H,6-7,12,19-21H2,1H3,(H2,39,40,41,42)/p+1. The number of hydrogen-bond acceptors (Lipinski definition) is 9. The van der Waals surface area contributed by atoms with Crippen molar-refractivity contribution < 1.29 is 50.6 Å². The molecule has 0 bridgehead atoms. The van der Waals surface area contributed by atoms with Gasteiger partial charge in [-0.15, -0.1) is 4.73 Å². The molecular formula is C32H32N3O10S2+. The number of sulfonamides is 1. The van der Waals surface area contributed by atoms with Gasteiger partial charge in [-0.3, -0.25) is 9.35 Å². The minimum absolute atomic E-state index is 0.0768. The third-order valence-electron chi connectivity index (χ3n) is 7.49. The molecule has 15 heteroatoms. The molecule has 2 heterocycles. The molecule has 47 heavy (non-hydrogen) atoms. The van der Waals surface area contributed by atoms with Gasteiger partial charge in [0.25, 0.3) is 26.0 Å². The largest absolute Gasteiger partial charge is 0.492 e. The summed E-state index contributed by atoms with van der Waals surface area (Å²) in [7, 11) is -8.67. The predicted octanol–water partition coefficient (Wildman–Crippen LogP) is 3.35. The van der Waals surface area contributed by atoms with Gasteiger partial charge in [-0.2, -0.15) is 13.0 Å². The van der Waals surface area contributed by atoms with Gasteiger partial charge in [0.2, 0.25) is 22.8 Å². The number of aromatic hydroxyl groups is 2. The van der Waals surface area contributed by atoms with Crippen LogP contribution in [0.2, 0.25) is 0 Å². The van der Waals surface area contributed by atoms with Crippen molar-refractivity contribution in [3.8, 4) is 11.8 Å². The van der Waals surface area contributed by atoms with E-state index in [9.17, 15) is 41.2 Å². The molecule has 246 valence electrons. The Hall–Kier alpha value is -4.99. The maximum absolute atomic E-state index is 14.6. The molecule has 0 aliphatic rings. The zero-order chi connectivity index (χ0) is 33.9. The van der Waals surface area contributed by atoms with E-state index in [1.54, 1.807) is 67.6 Å². The van der Waals surface area contributed by atoms with Crippen molar-refractivity contribution >= 4 is 53.8 Å². The number of benzene rings is 3. The summed E-state index contributed by atoms with van der Waals surface area (Å²) in [5.41, 5.74) is 1.96. The molecule has 0 unspecified atom stereocenters. The highest BCUT2D eigenvalue weighted by Gasteiger charge is 2.34. The Balaban J connectivity index is 1.57. The van der Waals surface area contributed by atoms with Crippen LogP contribution in [0.1, 0.15) is 35.2 Å². The molecule has 0 fully saturated rings. The van der Waals surface area contributed by atoms with Crippen LogP contribution in [-0.2, 0) is 31.5 Å². The summed E-state index contributed by atoms with van der Waals surface area (Å²) in [5, 5.41) is 20.4. The molecule has 0 saturated heterocycles. The van der Waals surface area contributed by atoms with Gasteiger partial charge in [0.05, 0.1) is 27.0 Å². The first-order chi connectivity index (χ1) is 22.3. The minimum Gasteiger partial charge on any atom is -0.492 e. The van der Waals surface area contributed by atoms with E-state index in [2.05, 4.69) is 0 Å². The molecule has 5 rings (SSSR count). The van der Waals surface area contributed by atoms with Crippen LogP contribution >= 0.6 is 0 Å². The number of amides is 1. The molecule has 3 N–H and O–H groups in total. The third kappa shape index (κ3) is 7.21. The predicted molar refractivity (Wildman–Crippen MR) is 171 cm³/mol.